The highest BCUT2D eigenvalue weighted by molar-refractivity contribution is 5.89. The molecule has 1 aliphatic rings. The van der Waals surface area contributed by atoms with Crippen molar-refractivity contribution in [3.63, 3.8) is 0 Å². The minimum atomic E-state index is -1.46. The quantitative estimate of drug-likeness (QED) is 0.605. The second-order valence-electron chi connectivity index (χ2n) is 5.19. The molecule has 1 amide bonds. The summed E-state index contributed by atoms with van der Waals surface area (Å²) < 4.78 is 0. The van der Waals surface area contributed by atoms with Crippen LogP contribution in [0.15, 0.2) is 0 Å². The van der Waals surface area contributed by atoms with E-state index >= 15 is 0 Å². The van der Waals surface area contributed by atoms with Crippen LogP contribution in [0.2, 0.25) is 0 Å². The maximum Gasteiger partial charge on any atom is 0.266 e. The minimum Gasteiger partial charge on any atom is -0.369 e. The number of amides is 1. The lowest BCUT2D eigenvalue weighted by Gasteiger charge is -2.32. The van der Waals surface area contributed by atoms with Crippen molar-refractivity contribution in [1.82, 2.24) is 4.90 Å². The Morgan fingerprint density at radius 1 is 1.47 bits per heavy atom. The van der Waals surface area contributed by atoms with Crippen LogP contribution in [0.4, 0.5) is 0 Å². The highest BCUT2D eigenvalue weighted by Crippen LogP contribution is 2.22. The molecule has 0 aliphatic carbocycles. The van der Waals surface area contributed by atoms with Gasteiger partial charge in [0.25, 0.3) is 5.91 Å². The first-order chi connectivity index (χ1) is 6.75. The van der Waals surface area contributed by atoms with Gasteiger partial charge in [0.1, 0.15) is 0 Å². The number of piperidine rings is 1. The van der Waals surface area contributed by atoms with Gasteiger partial charge in [-0.2, -0.15) is 0 Å². The monoisotopic (exact) mass is 209 g/mol. The Balaban J connectivity index is 2.89. The summed E-state index contributed by atoms with van der Waals surface area (Å²) >= 11 is 0. The predicted octanol–water partition coefficient (Wildman–Crippen LogP) is 1.02. The van der Waals surface area contributed by atoms with E-state index in [1.165, 1.54) is 0 Å². The third-order valence-electron chi connectivity index (χ3n) is 2.38. The van der Waals surface area contributed by atoms with Crippen LogP contribution in [0, 0.1) is 17.3 Å². The number of hydrogen-bond acceptors (Lipinski definition) is 2. The van der Waals surface area contributed by atoms with E-state index in [4.69, 9.17) is 0 Å². The van der Waals surface area contributed by atoms with Gasteiger partial charge in [0, 0.05) is 19.0 Å². The van der Waals surface area contributed by atoms with Gasteiger partial charge in [-0.25, -0.2) is 0 Å². The van der Waals surface area contributed by atoms with Gasteiger partial charge in [0.05, 0.1) is 0 Å². The smallest absolute Gasteiger partial charge is 0.266 e. The molecule has 15 heavy (non-hydrogen) atoms. The van der Waals surface area contributed by atoms with Gasteiger partial charge in [-0.15, -0.1) is 0 Å². The molecule has 1 saturated heterocycles. The summed E-state index contributed by atoms with van der Waals surface area (Å²) in [5.74, 6) is 5.40. The molecule has 1 fully saturated rings. The molecule has 0 spiro atoms. The Morgan fingerprint density at radius 3 is 2.60 bits per heavy atom. The molecular weight excluding hydrogens is 190 g/mol. The van der Waals surface area contributed by atoms with Crippen molar-refractivity contribution < 1.29 is 9.90 Å². The van der Waals surface area contributed by atoms with E-state index < -0.39 is 5.60 Å². The number of likely N-dealkylation sites (N-methyl/N-ethyl adjacent to an activating group) is 1. The molecule has 1 atom stereocenters. The minimum absolute atomic E-state index is 0.188. The van der Waals surface area contributed by atoms with Crippen molar-refractivity contribution in [2.75, 3.05) is 13.6 Å². The van der Waals surface area contributed by atoms with Crippen LogP contribution < -0.4 is 0 Å². The summed E-state index contributed by atoms with van der Waals surface area (Å²) in [6.07, 6.45) is 1.25. The average Bonchev–Trinajstić information content (AvgIpc) is 2.10. The zero-order chi connectivity index (χ0) is 11.7. The van der Waals surface area contributed by atoms with Gasteiger partial charge < -0.3 is 10.0 Å². The van der Waals surface area contributed by atoms with Crippen molar-refractivity contribution in [3.8, 4) is 11.8 Å². The molecule has 0 bridgehead atoms. The normalized spacial score (nSPS) is 27.3. The zero-order valence-corrected chi connectivity index (χ0v) is 9.92. The molecule has 0 aromatic rings. The maximum atomic E-state index is 11.7. The Bertz CT molecular complexity index is 319. The summed E-state index contributed by atoms with van der Waals surface area (Å²) in [5, 5.41) is 10.1. The Hall–Kier alpha value is -1.01. The van der Waals surface area contributed by atoms with Crippen LogP contribution in [-0.4, -0.2) is 35.1 Å². The third kappa shape index (κ3) is 2.97. The second kappa shape index (κ2) is 3.86. The fourth-order valence-electron chi connectivity index (χ4n) is 1.50. The number of nitrogens with zero attached hydrogens (tertiary/aromatic N) is 1. The van der Waals surface area contributed by atoms with Crippen molar-refractivity contribution >= 4 is 5.91 Å². The average molecular weight is 209 g/mol. The first-order valence-corrected chi connectivity index (χ1v) is 5.27. The first kappa shape index (κ1) is 12.1. The lowest BCUT2D eigenvalue weighted by molar-refractivity contribution is -0.148. The molecular formula is C12H19NO2. The highest BCUT2D eigenvalue weighted by Gasteiger charge is 2.39. The molecule has 1 unspecified atom stereocenters. The largest absolute Gasteiger partial charge is 0.369 e. The van der Waals surface area contributed by atoms with Crippen molar-refractivity contribution in [3.05, 3.63) is 0 Å². The van der Waals surface area contributed by atoms with Crippen LogP contribution >= 0.6 is 0 Å². The number of aliphatic hydroxyl groups is 1. The molecule has 3 nitrogen and oxygen atoms in total. The van der Waals surface area contributed by atoms with Crippen LogP contribution in [0.25, 0.3) is 0 Å². The van der Waals surface area contributed by atoms with Crippen LogP contribution in [0.3, 0.4) is 0 Å². The van der Waals surface area contributed by atoms with Gasteiger partial charge in [-0.3, -0.25) is 4.79 Å². The third-order valence-corrected chi connectivity index (χ3v) is 2.38. The standard InChI is InChI=1S/C12H19NO2/c1-11(2,3)7-8-12(15)6-5-9-13(4)10(12)14/h15H,5-6,9H2,1-4H3. The van der Waals surface area contributed by atoms with E-state index in [0.717, 1.165) is 6.42 Å². The molecule has 0 radical (unpaired) electrons. The van der Waals surface area contributed by atoms with E-state index in [1.54, 1.807) is 11.9 Å². The molecule has 1 heterocycles. The number of likely N-dealkylation sites (tertiary alicyclic amines) is 1. The SMILES string of the molecule is CN1CCCC(O)(C#CC(C)(C)C)C1=O. The van der Waals surface area contributed by atoms with Gasteiger partial charge >= 0.3 is 0 Å². The lowest BCUT2D eigenvalue weighted by Crippen LogP contribution is -2.51. The van der Waals surface area contributed by atoms with Crippen LogP contribution in [0.5, 0.6) is 0 Å². The number of carbonyl (C=O) groups is 1. The molecule has 0 aromatic heterocycles. The summed E-state index contributed by atoms with van der Waals surface area (Å²) in [6.45, 7) is 6.58. The summed E-state index contributed by atoms with van der Waals surface area (Å²) in [6, 6.07) is 0. The predicted molar refractivity (Wildman–Crippen MR) is 59.1 cm³/mol. The van der Waals surface area contributed by atoms with E-state index in [-0.39, 0.29) is 11.3 Å². The van der Waals surface area contributed by atoms with E-state index in [0.29, 0.717) is 13.0 Å². The van der Waals surface area contributed by atoms with Crippen molar-refractivity contribution in [2.45, 2.75) is 39.2 Å². The van der Waals surface area contributed by atoms with E-state index in [9.17, 15) is 9.90 Å². The van der Waals surface area contributed by atoms with Crippen molar-refractivity contribution in [1.29, 1.82) is 0 Å². The maximum absolute atomic E-state index is 11.7. The molecule has 84 valence electrons. The summed E-state index contributed by atoms with van der Waals surface area (Å²) in [7, 11) is 1.70. The van der Waals surface area contributed by atoms with E-state index in [2.05, 4.69) is 11.8 Å². The fraction of sp³-hybridized carbons (Fsp3) is 0.750. The number of carbonyl (C=O) groups excluding carboxylic acids is 1. The summed E-state index contributed by atoms with van der Waals surface area (Å²) in [4.78, 5) is 13.3. The molecule has 1 N–H and O–H groups in total. The fourth-order valence-corrected chi connectivity index (χ4v) is 1.50. The lowest BCUT2D eigenvalue weighted by atomic mass is 9.90. The molecule has 1 aliphatic heterocycles. The first-order valence-electron chi connectivity index (χ1n) is 5.27. The van der Waals surface area contributed by atoms with Crippen LogP contribution in [0.1, 0.15) is 33.6 Å². The number of rotatable bonds is 0. The number of hydrogen-bond donors (Lipinski definition) is 1. The van der Waals surface area contributed by atoms with Gasteiger partial charge in [0.15, 0.2) is 0 Å². The highest BCUT2D eigenvalue weighted by atomic mass is 16.3. The van der Waals surface area contributed by atoms with Crippen LogP contribution in [-0.2, 0) is 4.79 Å². The molecule has 3 heteroatoms. The van der Waals surface area contributed by atoms with Crippen molar-refractivity contribution in [2.24, 2.45) is 5.41 Å². The molecule has 1 rings (SSSR count). The van der Waals surface area contributed by atoms with E-state index in [1.807, 2.05) is 20.8 Å². The topological polar surface area (TPSA) is 40.5 Å². The zero-order valence-electron chi connectivity index (χ0n) is 9.92. The molecule has 0 aromatic carbocycles. The molecule has 0 saturated carbocycles. The Labute approximate surface area is 91.5 Å². The Morgan fingerprint density at radius 2 is 2.07 bits per heavy atom. The van der Waals surface area contributed by atoms with Gasteiger partial charge in [-0.1, -0.05) is 11.8 Å². The van der Waals surface area contributed by atoms with Gasteiger partial charge in [-0.05, 0) is 33.6 Å². The summed E-state index contributed by atoms with van der Waals surface area (Å²) in [5.41, 5.74) is -1.65. The Kier molecular flexibility index (Phi) is 3.11. The second-order valence-corrected chi connectivity index (χ2v) is 5.19. The van der Waals surface area contributed by atoms with Gasteiger partial charge in [0.2, 0.25) is 5.60 Å².